The highest BCUT2D eigenvalue weighted by molar-refractivity contribution is 4.65. The van der Waals surface area contributed by atoms with Gasteiger partial charge in [0.25, 0.3) is 0 Å². The molecule has 1 nitrogen and oxygen atoms in total. The predicted molar refractivity (Wildman–Crippen MR) is 33.8 cm³/mol. The Kier molecular flexibility index (Phi) is 1.90. The monoisotopic (exact) mass is 114 g/mol. The van der Waals surface area contributed by atoms with Gasteiger partial charge in [-0.05, 0) is 25.7 Å². The van der Waals surface area contributed by atoms with Crippen molar-refractivity contribution >= 4 is 0 Å². The minimum absolute atomic E-state index is 0.503. The summed E-state index contributed by atoms with van der Waals surface area (Å²) in [5.41, 5.74) is 0. The molecule has 8 heavy (non-hydrogen) atoms. The van der Waals surface area contributed by atoms with Gasteiger partial charge in [-0.2, -0.15) is 0 Å². The van der Waals surface area contributed by atoms with Crippen LogP contribution >= 0.6 is 0 Å². The molecule has 0 radical (unpaired) electrons. The summed E-state index contributed by atoms with van der Waals surface area (Å²) < 4.78 is 5.39. The van der Waals surface area contributed by atoms with Gasteiger partial charge in [0.05, 0.1) is 6.10 Å². The third kappa shape index (κ3) is 1.22. The molecular weight excluding hydrogens is 100 g/mol. The average Bonchev–Trinajstić information content (AvgIpc) is 1.77. The van der Waals surface area contributed by atoms with Crippen molar-refractivity contribution in [2.24, 2.45) is 5.92 Å². The smallest absolute Gasteiger partial charge is 0.0572 e. The normalized spacial score (nSPS) is 39.8. The summed E-state index contributed by atoms with van der Waals surface area (Å²) in [6.45, 7) is 5.39. The Morgan fingerprint density at radius 2 is 2.12 bits per heavy atom. The number of ether oxygens (including phenoxy) is 1. The van der Waals surface area contributed by atoms with Crippen molar-refractivity contribution in [2.75, 3.05) is 6.61 Å². The van der Waals surface area contributed by atoms with E-state index in [4.69, 9.17) is 4.74 Å². The van der Waals surface area contributed by atoms with E-state index >= 15 is 0 Å². The van der Waals surface area contributed by atoms with E-state index in [1.807, 2.05) is 0 Å². The number of hydrogen-bond donors (Lipinski definition) is 0. The van der Waals surface area contributed by atoms with E-state index in [2.05, 4.69) is 13.8 Å². The second-order valence-corrected chi connectivity index (χ2v) is 2.70. The Labute approximate surface area is 51.0 Å². The number of rotatable bonds is 0. The van der Waals surface area contributed by atoms with E-state index in [1.54, 1.807) is 0 Å². The highest BCUT2D eigenvalue weighted by Crippen LogP contribution is 2.18. The van der Waals surface area contributed by atoms with Gasteiger partial charge in [-0.15, -0.1) is 0 Å². The Bertz CT molecular complexity index is 60.8. The molecule has 0 spiro atoms. The molecule has 0 aromatic rings. The average molecular weight is 114 g/mol. The Morgan fingerprint density at radius 1 is 1.38 bits per heavy atom. The maximum Gasteiger partial charge on any atom is 0.0572 e. The van der Waals surface area contributed by atoms with Crippen LogP contribution < -0.4 is 0 Å². The SMILES string of the molecule is CC1CCCO[C@@H]1C. The molecule has 1 heterocycles. The molecule has 0 amide bonds. The van der Waals surface area contributed by atoms with Crippen LogP contribution in [0.1, 0.15) is 26.7 Å². The lowest BCUT2D eigenvalue weighted by molar-refractivity contribution is -0.00789. The summed E-state index contributed by atoms with van der Waals surface area (Å²) in [4.78, 5) is 0. The van der Waals surface area contributed by atoms with Gasteiger partial charge >= 0.3 is 0 Å². The molecule has 1 aliphatic rings. The second-order valence-electron chi connectivity index (χ2n) is 2.70. The molecule has 1 fully saturated rings. The summed E-state index contributed by atoms with van der Waals surface area (Å²) in [7, 11) is 0. The van der Waals surface area contributed by atoms with Crippen LogP contribution in [0.5, 0.6) is 0 Å². The first-order chi connectivity index (χ1) is 3.80. The zero-order chi connectivity index (χ0) is 5.98. The molecule has 48 valence electrons. The van der Waals surface area contributed by atoms with E-state index < -0.39 is 0 Å². The van der Waals surface area contributed by atoms with E-state index in [0.29, 0.717) is 6.10 Å². The van der Waals surface area contributed by atoms with Crippen molar-refractivity contribution in [3.05, 3.63) is 0 Å². The minimum Gasteiger partial charge on any atom is -0.378 e. The minimum atomic E-state index is 0.503. The fourth-order valence-electron chi connectivity index (χ4n) is 1.07. The molecule has 0 aliphatic carbocycles. The predicted octanol–water partition coefficient (Wildman–Crippen LogP) is 1.82. The van der Waals surface area contributed by atoms with Gasteiger partial charge in [0, 0.05) is 6.61 Å². The maximum absolute atomic E-state index is 5.39. The molecule has 0 aromatic carbocycles. The van der Waals surface area contributed by atoms with Crippen LogP contribution in [0.15, 0.2) is 0 Å². The van der Waals surface area contributed by atoms with E-state index in [0.717, 1.165) is 12.5 Å². The zero-order valence-electron chi connectivity index (χ0n) is 5.68. The topological polar surface area (TPSA) is 9.23 Å². The van der Waals surface area contributed by atoms with Gasteiger partial charge in [-0.3, -0.25) is 0 Å². The quantitative estimate of drug-likeness (QED) is 0.466. The van der Waals surface area contributed by atoms with E-state index in [-0.39, 0.29) is 0 Å². The highest BCUT2D eigenvalue weighted by atomic mass is 16.5. The lowest BCUT2D eigenvalue weighted by Gasteiger charge is -2.25. The molecule has 2 atom stereocenters. The maximum atomic E-state index is 5.39. The van der Waals surface area contributed by atoms with Gasteiger partial charge in [0.2, 0.25) is 0 Å². The van der Waals surface area contributed by atoms with Gasteiger partial charge in [-0.1, -0.05) is 6.92 Å². The third-order valence-electron chi connectivity index (χ3n) is 1.99. The summed E-state index contributed by atoms with van der Waals surface area (Å²) in [6.07, 6.45) is 3.11. The van der Waals surface area contributed by atoms with Gasteiger partial charge in [0.1, 0.15) is 0 Å². The van der Waals surface area contributed by atoms with Crippen LogP contribution in [0.3, 0.4) is 0 Å². The molecule has 0 saturated carbocycles. The van der Waals surface area contributed by atoms with Crippen LogP contribution in [-0.2, 0) is 4.74 Å². The lowest BCUT2D eigenvalue weighted by atomic mass is 9.98. The molecule has 0 aromatic heterocycles. The Hall–Kier alpha value is -0.0400. The van der Waals surface area contributed by atoms with Crippen LogP contribution in [0.2, 0.25) is 0 Å². The van der Waals surface area contributed by atoms with Crippen LogP contribution in [0.25, 0.3) is 0 Å². The van der Waals surface area contributed by atoms with Crippen molar-refractivity contribution in [3.63, 3.8) is 0 Å². The zero-order valence-corrected chi connectivity index (χ0v) is 5.68. The van der Waals surface area contributed by atoms with Crippen molar-refractivity contribution in [1.29, 1.82) is 0 Å². The first kappa shape index (κ1) is 6.09. The summed E-state index contributed by atoms with van der Waals surface area (Å²) in [5.74, 6) is 0.781. The standard InChI is InChI=1S/C7H14O/c1-6-4-3-5-8-7(6)2/h6-7H,3-5H2,1-2H3/t6?,7-/m1/s1. The molecule has 1 aliphatic heterocycles. The molecule has 1 saturated heterocycles. The lowest BCUT2D eigenvalue weighted by Crippen LogP contribution is -2.23. The first-order valence-corrected chi connectivity index (χ1v) is 3.42. The van der Waals surface area contributed by atoms with E-state index in [9.17, 15) is 0 Å². The van der Waals surface area contributed by atoms with Crippen molar-refractivity contribution in [1.82, 2.24) is 0 Å². The van der Waals surface area contributed by atoms with Crippen molar-refractivity contribution < 1.29 is 4.74 Å². The van der Waals surface area contributed by atoms with Crippen molar-refractivity contribution in [3.8, 4) is 0 Å². The molecular formula is C7H14O. The van der Waals surface area contributed by atoms with Crippen LogP contribution in [-0.4, -0.2) is 12.7 Å². The number of hydrogen-bond acceptors (Lipinski definition) is 1. The molecule has 1 unspecified atom stereocenters. The van der Waals surface area contributed by atoms with Crippen LogP contribution in [0.4, 0.5) is 0 Å². The Morgan fingerprint density at radius 3 is 2.50 bits per heavy atom. The van der Waals surface area contributed by atoms with Crippen molar-refractivity contribution in [2.45, 2.75) is 32.8 Å². The highest BCUT2D eigenvalue weighted by Gasteiger charge is 2.16. The fourth-order valence-corrected chi connectivity index (χ4v) is 1.07. The molecule has 1 rings (SSSR count). The summed E-state index contributed by atoms with van der Waals surface area (Å²) in [5, 5.41) is 0. The largest absolute Gasteiger partial charge is 0.378 e. The molecule has 0 N–H and O–H groups in total. The molecule has 0 bridgehead atoms. The van der Waals surface area contributed by atoms with E-state index in [1.165, 1.54) is 12.8 Å². The Balaban J connectivity index is 2.28. The summed E-state index contributed by atoms with van der Waals surface area (Å²) >= 11 is 0. The third-order valence-corrected chi connectivity index (χ3v) is 1.99. The molecule has 1 heteroatoms. The second kappa shape index (κ2) is 2.49. The van der Waals surface area contributed by atoms with Gasteiger partial charge < -0.3 is 4.74 Å². The summed E-state index contributed by atoms with van der Waals surface area (Å²) in [6, 6.07) is 0. The fraction of sp³-hybridized carbons (Fsp3) is 1.00. The van der Waals surface area contributed by atoms with Gasteiger partial charge in [0.15, 0.2) is 0 Å². The van der Waals surface area contributed by atoms with Crippen LogP contribution in [0, 0.1) is 5.92 Å². The first-order valence-electron chi connectivity index (χ1n) is 3.42. The van der Waals surface area contributed by atoms with Gasteiger partial charge in [-0.25, -0.2) is 0 Å².